The van der Waals surface area contributed by atoms with Crippen molar-refractivity contribution in [1.82, 2.24) is 9.78 Å². The summed E-state index contributed by atoms with van der Waals surface area (Å²) in [5.74, 6) is -1.00. The fourth-order valence-corrected chi connectivity index (χ4v) is 2.41. The highest BCUT2D eigenvalue weighted by atomic mass is 16.6. The van der Waals surface area contributed by atoms with Crippen LogP contribution in [0.5, 0.6) is 0 Å². The van der Waals surface area contributed by atoms with Gasteiger partial charge in [0.1, 0.15) is 17.9 Å². The smallest absolute Gasteiger partial charge is 0.340 e. The Bertz CT molecular complexity index is 828. The average Bonchev–Trinajstić information content (AvgIpc) is 2.81. The Balaban J connectivity index is 2.18. The van der Waals surface area contributed by atoms with Gasteiger partial charge in [0, 0.05) is 0 Å². The Morgan fingerprint density at radius 1 is 1.32 bits per heavy atom. The van der Waals surface area contributed by atoms with Crippen LogP contribution in [0.2, 0.25) is 0 Å². The quantitative estimate of drug-likeness (QED) is 0.487. The van der Waals surface area contributed by atoms with Gasteiger partial charge in [-0.05, 0) is 32.9 Å². The lowest BCUT2D eigenvalue weighted by atomic mass is 10.2. The monoisotopic (exact) mass is 346 g/mol. The van der Waals surface area contributed by atoms with E-state index in [1.165, 1.54) is 18.5 Å². The van der Waals surface area contributed by atoms with Crippen LogP contribution in [0, 0.1) is 24.0 Å². The molecule has 0 unspecified atom stereocenters. The maximum absolute atomic E-state index is 12.3. The van der Waals surface area contributed by atoms with Crippen molar-refractivity contribution in [2.45, 2.75) is 27.3 Å². The zero-order valence-electron chi connectivity index (χ0n) is 14.1. The molecular formula is C16H18N4O5. The molecule has 9 nitrogen and oxygen atoms in total. The van der Waals surface area contributed by atoms with E-state index >= 15 is 0 Å². The van der Waals surface area contributed by atoms with E-state index in [1.54, 1.807) is 31.2 Å². The van der Waals surface area contributed by atoms with Crippen LogP contribution < -0.4 is 5.32 Å². The van der Waals surface area contributed by atoms with Gasteiger partial charge in [-0.15, -0.1) is 0 Å². The lowest BCUT2D eigenvalue weighted by Crippen LogP contribution is -2.22. The highest BCUT2D eigenvalue weighted by Crippen LogP contribution is 2.22. The maximum Gasteiger partial charge on any atom is 0.340 e. The second-order valence-corrected chi connectivity index (χ2v) is 5.25. The van der Waals surface area contributed by atoms with Crippen molar-refractivity contribution in [3.63, 3.8) is 0 Å². The Kier molecular flexibility index (Phi) is 5.48. The third kappa shape index (κ3) is 4.00. The Hall–Kier alpha value is -3.23. The van der Waals surface area contributed by atoms with Crippen LogP contribution in [0.25, 0.3) is 0 Å². The van der Waals surface area contributed by atoms with Gasteiger partial charge in [0.15, 0.2) is 0 Å². The molecule has 0 aliphatic heterocycles. The summed E-state index contributed by atoms with van der Waals surface area (Å²) in [6, 6.07) is 6.45. The van der Waals surface area contributed by atoms with Gasteiger partial charge in [-0.25, -0.2) is 4.79 Å². The van der Waals surface area contributed by atoms with Gasteiger partial charge in [0.25, 0.3) is 0 Å². The number of anilines is 1. The van der Waals surface area contributed by atoms with Gasteiger partial charge in [0.2, 0.25) is 5.91 Å². The molecule has 1 heterocycles. The van der Waals surface area contributed by atoms with Crippen molar-refractivity contribution in [1.29, 1.82) is 0 Å². The van der Waals surface area contributed by atoms with E-state index in [4.69, 9.17) is 4.74 Å². The largest absolute Gasteiger partial charge is 0.462 e. The first kappa shape index (κ1) is 18.1. The predicted molar refractivity (Wildman–Crippen MR) is 89.4 cm³/mol. The molecule has 0 aliphatic rings. The van der Waals surface area contributed by atoms with E-state index in [2.05, 4.69) is 10.4 Å². The number of carbonyl (C=O) groups excluding carboxylic acids is 2. The zero-order valence-corrected chi connectivity index (χ0v) is 14.1. The van der Waals surface area contributed by atoms with Crippen LogP contribution in [0.15, 0.2) is 24.3 Å². The molecule has 0 saturated heterocycles. The van der Waals surface area contributed by atoms with Crippen LogP contribution in [0.4, 0.5) is 11.4 Å². The summed E-state index contributed by atoms with van der Waals surface area (Å²) < 4.78 is 6.21. The van der Waals surface area contributed by atoms with Crippen LogP contribution >= 0.6 is 0 Å². The number of benzene rings is 1. The number of nitro groups is 1. The molecule has 0 saturated carbocycles. The summed E-state index contributed by atoms with van der Waals surface area (Å²) in [6.07, 6.45) is 0. The van der Waals surface area contributed by atoms with Crippen LogP contribution in [0.1, 0.15) is 28.7 Å². The lowest BCUT2D eigenvalue weighted by Gasteiger charge is -2.10. The zero-order chi connectivity index (χ0) is 18.6. The number of carbonyl (C=O) groups is 2. The number of aryl methyl sites for hydroxylation is 1. The van der Waals surface area contributed by atoms with E-state index in [9.17, 15) is 19.7 Å². The summed E-state index contributed by atoms with van der Waals surface area (Å²) in [7, 11) is 0. The van der Waals surface area contributed by atoms with Crippen LogP contribution in [-0.4, -0.2) is 33.2 Å². The van der Waals surface area contributed by atoms with Crippen molar-refractivity contribution in [2.24, 2.45) is 0 Å². The molecule has 0 fully saturated rings. The molecule has 25 heavy (non-hydrogen) atoms. The molecule has 1 aromatic carbocycles. The Morgan fingerprint density at radius 3 is 2.60 bits per heavy atom. The molecule has 0 aliphatic carbocycles. The van der Waals surface area contributed by atoms with E-state index in [1.807, 2.05) is 0 Å². The van der Waals surface area contributed by atoms with Crippen molar-refractivity contribution < 1.29 is 19.2 Å². The van der Waals surface area contributed by atoms with E-state index in [0.717, 1.165) is 0 Å². The minimum Gasteiger partial charge on any atom is -0.462 e. The van der Waals surface area contributed by atoms with Gasteiger partial charge in [-0.1, -0.05) is 12.1 Å². The number of rotatable bonds is 6. The number of hydrogen-bond acceptors (Lipinski definition) is 6. The third-order valence-electron chi connectivity index (χ3n) is 3.52. The summed E-state index contributed by atoms with van der Waals surface area (Å²) in [6.45, 7) is 4.73. The average molecular weight is 346 g/mol. The van der Waals surface area contributed by atoms with Crippen molar-refractivity contribution >= 4 is 23.3 Å². The number of ether oxygens (including phenoxy) is 1. The molecule has 1 aromatic heterocycles. The number of aromatic nitrogens is 2. The molecule has 1 N–H and O–H groups in total. The van der Waals surface area contributed by atoms with Crippen LogP contribution in [-0.2, 0) is 16.1 Å². The summed E-state index contributed by atoms with van der Waals surface area (Å²) in [5.41, 5.74) is 0.956. The second-order valence-electron chi connectivity index (χ2n) is 5.25. The Labute approximate surface area is 143 Å². The number of esters is 1. The number of para-hydroxylation sites is 1. The summed E-state index contributed by atoms with van der Waals surface area (Å²) >= 11 is 0. The van der Waals surface area contributed by atoms with Gasteiger partial charge in [-0.3, -0.25) is 19.6 Å². The molecule has 0 radical (unpaired) electrons. The summed E-state index contributed by atoms with van der Waals surface area (Å²) in [5, 5.41) is 17.6. The molecular weight excluding hydrogens is 328 g/mol. The normalized spacial score (nSPS) is 10.4. The molecule has 132 valence electrons. The lowest BCUT2D eigenvalue weighted by molar-refractivity contribution is -0.386. The number of hydrogen-bond donors (Lipinski definition) is 1. The van der Waals surface area contributed by atoms with Gasteiger partial charge in [0.05, 0.1) is 22.8 Å². The van der Waals surface area contributed by atoms with Crippen molar-refractivity contribution in [2.75, 3.05) is 11.9 Å². The second kappa shape index (κ2) is 7.56. The van der Waals surface area contributed by atoms with Gasteiger partial charge in [-0.2, -0.15) is 5.10 Å². The molecule has 0 bridgehead atoms. The number of nitrogens with zero attached hydrogens (tertiary/aromatic N) is 3. The number of nitrogens with one attached hydrogen (secondary N) is 1. The first-order valence-electron chi connectivity index (χ1n) is 7.59. The molecule has 9 heteroatoms. The minimum atomic E-state index is -0.542. The molecule has 1 amide bonds. The van der Waals surface area contributed by atoms with E-state index in [-0.39, 0.29) is 35.8 Å². The van der Waals surface area contributed by atoms with Crippen molar-refractivity contribution in [3.05, 3.63) is 51.3 Å². The fraction of sp³-hybridized carbons (Fsp3) is 0.312. The first-order valence-corrected chi connectivity index (χ1v) is 7.59. The highest BCUT2D eigenvalue weighted by Gasteiger charge is 2.23. The number of amides is 1. The van der Waals surface area contributed by atoms with Crippen molar-refractivity contribution in [3.8, 4) is 0 Å². The molecule has 0 atom stereocenters. The summed E-state index contributed by atoms with van der Waals surface area (Å²) in [4.78, 5) is 34.7. The maximum atomic E-state index is 12.3. The standard InChI is InChI=1S/C16H18N4O5/c1-4-25-16(22)12-7-5-6-8-13(12)17-14(21)9-19-11(3)15(20(23)24)10(2)18-19/h5-8H,4,9H2,1-3H3,(H,17,21). The fourth-order valence-electron chi connectivity index (χ4n) is 2.41. The van der Waals surface area contributed by atoms with Gasteiger partial charge >= 0.3 is 11.7 Å². The third-order valence-corrected chi connectivity index (χ3v) is 3.52. The highest BCUT2D eigenvalue weighted by molar-refractivity contribution is 6.01. The predicted octanol–water partition coefficient (Wildman–Crippen LogP) is 2.22. The molecule has 2 aromatic rings. The van der Waals surface area contributed by atoms with E-state index < -0.39 is 16.8 Å². The SMILES string of the molecule is CCOC(=O)c1ccccc1NC(=O)Cn1nc(C)c([N+](=O)[O-])c1C. The first-order chi connectivity index (χ1) is 11.8. The topological polar surface area (TPSA) is 116 Å². The van der Waals surface area contributed by atoms with Crippen LogP contribution in [0.3, 0.4) is 0 Å². The molecule has 2 rings (SSSR count). The van der Waals surface area contributed by atoms with Gasteiger partial charge < -0.3 is 10.1 Å². The van der Waals surface area contributed by atoms with E-state index in [0.29, 0.717) is 5.69 Å². The Morgan fingerprint density at radius 2 is 2.00 bits per heavy atom. The molecule has 0 spiro atoms. The minimum absolute atomic E-state index is 0.111.